The van der Waals surface area contributed by atoms with E-state index < -0.39 is 13.7 Å². The highest BCUT2D eigenvalue weighted by molar-refractivity contribution is 6.24. The van der Waals surface area contributed by atoms with Crippen molar-refractivity contribution in [2.75, 3.05) is 0 Å². The number of aromatic nitrogens is 4. The van der Waals surface area contributed by atoms with Gasteiger partial charge >= 0.3 is 0 Å². The van der Waals surface area contributed by atoms with Crippen molar-refractivity contribution in [2.45, 2.75) is 55.2 Å². The zero-order valence-corrected chi connectivity index (χ0v) is 66.4. The number of hydrogen-bond donors (Lipinski definition) is 0. The fourth-order valence-corrected chi connectivity index (χ4v) is 17.4. The Morgan fingerprint density at radius 2 is 0.638 bits per heavy atom. The van der Waals surface area contributed by atoms with E-state index >= 15 is 0 Å². The molecule has 0 saturated heterocycles. The van der Waals surface area contributed by atoms with Crippen LogP contribution in [0.3, 0.4) is 0 Å². The third kappa shape index (κ3) is 12.7. The largest absolute Gasteiger partial charge is 0.456 e. The van der Waals surface area contributed by atoms with Crippen LogP contribution in [-0.4, -0.2) is 0 Å². The van der Waals surface area contributed by atoms with Gasteiger partial charge in [-0.15, -0.1) is 0 Å². The Balaban J connectivity index is 0.000000108. The van der Waals surface area contributed by atoms with E-state index in [-0.39, 0.29) is 0 Å². The second-order valence-corrected chi connectivity index (χ2v) is 31.0. The molecular formula is C108H88N4O4+4. The standard InChI is InChI=1S/C31H26NO.C30H24NO.C24H20NO.C23H18NO/c1-19-9-12-23(13-10-19)26-17-27(32(4)18-21(26)3)29-20(2)11-15-25-30-24-8-6-5-7-22(24)14-16-28(30)33-31(25)29;1-19-13-15-24-29-23-12-8-7-11-22(23)14-16-27(29)32-30(24)28(19)26-17-25(20(2)18-31(26)3)21-9-5-4-6-10-21;1-15-10-11-25(3)21(12-15)19-14-23-20(13-16(19)2)24-18-7-5-4-6-17(18)8-9-22(24)26-23;1-15-13-19-22(14-18(15)20-9-5-6-12-24(20)2)25-21-11-10-16-7-3-4-8-17(16)23(19)21/h5-18H,1-4H3;4-18H,1-3H3;4-14H,1-3H3;3-14H,1-2H3/q4*+1/i3D3;2D3;;. The summed E-state index contributed by atoms with van der Waals surface area (Å²) in [6, 6.07) is 100. The van der Waals surface area contributed by atoms with Crippen LogP contribution in [-0.2, 0) is 28.2 Å². The Labute approximate surface area is 682 Å². The molecule has 0 N–H and O–H groups in total. The summed E-state index contributed by atoms with van der Waals surface area (Å²) in [7, 11) is 7.96. The molecule has 0 atom stereocenters. The zero-order chi connectivity index (χ0) is 84.3. The highest BCUT2D eigenvalue weighted by atomic mass is 16.3. The SMILES string of the molecule is Cc1cc2c(cc1-c1cccc[n+]1C)oc1ccc3ccccc3c12.Cc1cc[n+](C)c(-c2cc3oc4ccc5ccccc5c4c3cc2C)c1.[2H]C([2H])([2H])c1c[n+](C)c(-c2c(C)ccc3c2oc2ccc4ccccc4c23)cc1-c1ccc(C)cc1.[2H]C([2H])([2H])c1c[n+](C)c(-c2c(C)ccc3c2oc2ccc4ccccc4c23)cc1-c1ccccc1. The first-order valence-electron chi connectivity index (χ1n) is 42.4. The van der Waals surface area contributed by atoms with Crippen molar-refractivity contribution in [3.63, 3.8) is 0 Å². The van der Waals surface area contributed by atoms with Gasteiger partial charge in [0.05, 0.1) is 22.3 Å². The van der Waals surface area contributed by atoms with Crippen molar-refractivity contribution in [1.29, 1.82) is 0 Å². The lowest BCUT2D eigenvalue weighted by Crippen LogP contribution is -2.31. The fourth-order valence-electron chi connectivity index (χ4n) is 17.4. The van der Waals surface area contributed by atoms with Gasteiger partial charge in [0, 0.05) is 98.8 Å². The van der Waals surface area contributed by atoms with Gasteiger partial charge in [0.25, 0.3) is 0 Å². The molecule has 8 aromatic heterocycles. The topological polar surface area (TPSA) is 68.1 Å². The van der Waals surface area contributed by atoms with Crippen molar-refractivity contribution in [1.82, 2.24) is 0 Å². The first-order valence-corrected chi connectivity index (χ1v) is 39.4. The maximum Gasteiger partial charge on any atom is 0.216 e. The van der Waals surface area contributed by atoms with Gasteiger partial charge in [-0.3, -0.25) is 0 Å². The van der Waals surface area contributed by atoms with Crippen molar-refractivity contribution < 1.29 is 44.2 Å². The first kappa shape index (κ1) is 65.5. The highest BCUT2D eigenvalue weighted by Crippen LogP contribution is 2.45. The third-order valence-electron chi connectivity index (χ3n) is 23.3. The number of aryl methyl sites for hydroxylation is 12. The van der Waals surface area contributed by atoms with Crippen LogP contribution in [0.2, 0.25) is 0 Å². The molecule has 22 aromatic rings. The van der Waals surface area contributed by atoms with E-state index in [1.165, 1.54) is 93.1 Å². The van der Waals surface area contributed by atoms with E-state index in [0.717, 1.165) is 127 Å². The molecule has 0 aliphatic heterocycles. The van der Waals surface area contributed by atoms with Gasteiger partial charge in [0.1, 0.15) is 72.9 Å². The van der Waals surface area contributed by atoms with Gasteiger partial charge in [0.2, 0.25) is 22.8 Å². The smallest absolute Gasteiger partial charge is 0.216 e. The van der Waals surface area contributed by atoms with Gasteiger partial charge in [-0.25, -0.2) is 18.3 Å². The quantitative estimate of drug-likeness (QED) is 0.156. The molecule has 0 amide bonds. The average molecular weight is 1510 g/mol. The van der Waals surface area contributed by atoms with Crippen LogP contribution >= 0.6 is 0 Å². The Hall–Kier alpha value is -14.1. The number of fused-ring (bicyclic) bond motifs is 20. The predicted octanol–water partition coefficient (Wildman–Crippen LogP) is 26.7. The normalized spacial score (nSPS) is 12.6. The lowest BCUT2D eigenvalue weighted by molar-refractivity contribution is -0.660. The Bertz CT molecular complexity index is 7990. The molecule has 0 saturated carbocycles. The predicted molar refractivity (Wildman–Crippen MR) is 480 cm³/mol. The number of hydrogen-bond acceptors (Lipinski definition) is 4. The van der Waals surface area contributed by atoms with Crippen LogP contribution in [0.1, 0.15) is 52.7 Å². The monoisotopic (exact) mass is 1510 g/mol. The van der Waals surface area contributed by atoms with E-state index in [2.05, 4.69) is 264 Å². The maximum absolute atomic E-state index is 8.20. The van der Waals surface area contributed by atoms with Gasteiger partial charge in [-0.2, -0.15) is 0 Å². The van der Waals surface area contributed by atoms with Gasteiger partial charge in [-0.05, 0) is 203 Å². The number of pyridine rings is 4. The molecule has 8 nitrogen and oxygen atoms in total. The number of furan rings is 4. The second-order valence-electron chi connectivity index (χ2n) is 31.0. The van der Waals surface area contributed by atoms with E-state index in [1.54, 1.807) is 12.4 Å². The zero-order valence-electron chi connectivity index (χ0n) is 72.4. The Morgan fingerprint density at radius 1 is 0.241 bits per heavy atom. The first-order chi connectivity index (χ1) is 58.9. The molecule has 560 valence electrons. The second kappa shape index (κ2) is 29.1. The Morgan fingerprint density at radius 3 is 1.09 bits per heavy atom. The third-order valence-corrected chi connectivity index (χ3v) is 23.3. The average Bonchev–Trinajstić information content (AvgIpc) is 1.68. The summed E-state index contributed by atoms with van der Waals surface area (Å²) in [5, 5.41) is 18.7. The van der Waals surface area contributed by atoms with E-state index in [0.29, 0.717) is 22.3 Å². The summed E-state index contributed by atoms with van der Waals surface area (Å²) < 4.78 is 82.7. The van der Waals surface area contributed by atoms with Crippen LogP contribution in [0.15, 0.2) is 334 Å². The van der Waals surface area contributed by atoms with Crippen LogP contribution in [0.5, 0.6) is 0 Å². The van der Waals surface area contributed by atoms with Gasteiger partial charge < -0.3 is 17.7 Å². The molecule has 0 fully saturated rings. The van der Waals surface area contributed by atoms with E-state index in [9.17, 15) is 0 Å². The summed E-state index contributed by atoms with van der Waals surface area (Å²) in [6.07, 6.45) is 7.67. The number of benzene rings is 14. The highest BCUT2D eigenvalue weighted by Gasteiger charge is 2.27. The molecule has 0 radical (unpaired) electrons. The van der Waals surface area contributed by atoms with Gasteiger partial charge in [-0.1, -0.05) is 206 Å². The summed E-state index contributed by atoms with van der Waals surface area (Å²) in [5.41, 5.74) is 26.5. The van der Waals surface area contributed by atoms with Crippen LogP contribution in [0.4, 0.5) is 0 Å². The van der Waals surface area contributed by atoms with Gasteiger partial charge in [0.15, 0.2) is 24.8 Å². The Kier molecular flexibility index (Phi) is 16.5. The molecule has 0 bridgehead atoms. The number of rotatable bonds is 6. The van der Waals surface area contributed by atoms with Crippen LogP contribution in [0, 0.1) is 55.2 Å². The van der Waals surface area contributed by atoms with E-state index in [4.69, 9.17) is 25.9 Å². The molecule has 116 heavy (non-hydrogen) atoms. The molecule has 0 unspecified atom stereocenters. The molecule has 0 aliphatic rings. The molecule has 0 spiro atoms. The van der Waals surface area contributed by atoms with E-state index in [1.807, 2.05) is 127 Å². The fraction of sp³-hybridized carbons (Fsp3) is 0.111. The van der Waals surface area contributed by atoms with Crippen LogP contribution < -0.4 is 18.3 Å². The van der Waals surface area contributed by atoms with Crippen LogP contribution in [0.25, 0.3) is 198 Å². The minimum atomic E-state index is -2.24. The van der Waals surface area contributed by atoms with Crippen molar-refractivity contribution >= 4 is 131 Å². The summed E-state index contributed by atoms with van der Waals surface area (Å²) in [5.74, 6) is 0. The minimum absolute atomic E-state index is 0.329. The summed E-state index contributed by atoms with van der Waals surface area (Å²) >= 11 is 0. The minimum Gasteiger partial charge on any atom is -0.456 e. The maximum atomic E-state index is 8.20. The lowest BCUT2D eigenvalue weighted by atomic mass is 9.95. The molecule has 14 aromatic carbocycles. The molecular weight excluding hydrogens is 1420 g/mol. The van der Waals surface area contributed by atoms with Crippen molar-refractivity contribution in [2.24, 2.45) is 28.2 Å². The summed E-state index contributed by atoms with van der Waals surface area (Å²) in [6.45, 7) is 8.18. The molecule has 0 aliphatic carbocycles. The molecule has 22 rings (SSSR count). The number of nitrogens with zero attached hydrogens (tertiary/aromatic N) is 4. The molecule has 8 heterocycles. The van der Waals surface area contributed by atoms with Crippen molar-refractivity contribution in [3.05, 3.63) is 360 Å². The lowest BCUT2D eigenvalue weighted by Gasteiger charge is -2.10. The summed E-state index contributed by atoms with van der Waals surface area (Å²) in [4.78, 5) is 0. The van der Waals surface area contributed by atoms with Crippen molar-refractivity contribution in [3.8, 4) is 67.3 Å². The molecule has 8 heteroatoms.